The molecule has 3 aromatic rings. The first-order valence-electron chi connectivity index (χ1n) is 23.9. The minimum absolute atomic E-state index is 0.0190. The van der Waals surface area contributed by atoms with Gasteiger partial charge in [0.05, 0.1) is 25.5 Å². The maximum atomic E-state index is 14.6. The Kier molecular flexibility index (Phi) is 20.0. The van der Waals surface area contributed by atoms with Crippen molar-refractivity contribution in [1.82, 2.24) is 45.7 Å². The van der Waals surface area contributed by atoms with E-state index in [1.54, 1.807) is 57.4 Å². The van der Waals surface area contributed by atoms with Gasteiger partial charge < -0.3 is 49.9 Å². The number of hydrogen-bond donors (Lipinski definition) is 5. The van der Waals surface area contributed by atoms with Crippen LogP contribution in [0.25, 0.3) is 0 Å². The Morgan fingerprint density at radius 1 is 0.750 bits per heavy atom. The van der Waals surface area contributed by atoms with E-state index in [2.05, 4.69) is 36.6 Å². The Hall–Kier alpha value is -6.27. The van der Waals surface area contributed by atoms with E-state index in [1.807, 2.05) is 34.9 Å². The minimum Gasteiger partial charge on any atom is -0.467 e. The predicted molar refractivity (Wildman–Crippen MR) is 250 cm³/mol. The molecule has 0 aliphatic heterocycles. The molecule has 2 aliphatic carbocycles. The van der Waals surface area contributed by atoms with Crippen molar-refractivity contribution in [3.8, 4) is 0 Å². The van der Waals surface area contributed by atoms with E-state index in [9.17, 15) is 33.6 Å². The van der Waals surface area contributed by atoms with Crippen molar-refractivity contribution in [1.29, 1.82) is 0 Å². The summed E-state index contributed by atoms with van der Waals surface area (Å²) in [4.78, 5) is 105. The van der Waals surface area contributed by atoms with Crippen LogP contribution >= 0.6 is 0 Å². The average molecular weight is 946 g/mol. The molecule has 5 amide bonds. The van der Waals surface area contributed by atoms with Crippen molar-refractivity contribution in [2.45, 2.75) is 172 Å². The number of nitrogens with zero attached hydrogens (tertiary/aromatic N) is 4. The molecule has 0 unspecified atom stereocenters. The molecule has 5 rings (SSSR count). The normalized spacial score (nSPS) is 16.7. The number of imidazole rings is 2. The number of nitrogens with one attached hydrogen (secondary N) is 5. The number of methoxy groups -OCH3 is 1. The van der Waals surface area contributed by atoms with Crippen molar-refractivity contribution >= 4 is 41.7 Å². The lowest BCUT2D eigenvalue weighted by Gasteiger charge is -2.30. The lowest BCUT2D eigenvalue weighted by Crippen LogP contribution is -2.59. The molecule has 2 fully saturated rings. The van der Waals surface area contributed by atoms with Crippen LogP contribution in [0.4, 0.5) is 4.79 Å². The molecule has 5 atom stereocenters. The van der Waals surface area contributed by atoms with E-state index in [0.29, 0.717) is 17.9 Å². The van der Waals surface area contributed by atoms with Crippen LogP contribution in [0.3, 0.4) is 0 Å². The van der Waals surface area contributed by atoms with Crippen molar-refractivity contribution in [3.63, 3.8) is 0 Å². The SMILES string of the molecule is COC(=O)[C@H](C)NC(=O)[C@H](Cc1cn(Cc2ccccc2)cn1)NC(=O)[C@H](CC1CCCCC1)NC(=O)[C@H](CCC(=O)OC1CCCCC1)NC(=O)[C@H](Cc1cncn1C)NC(=O)OC(C)(C)C. The van der Waals surface area contributed by atoms with Gasteiger partial charge in [-0.3, -0.25) is 24.0 Å². The molecule has 0 radical (unpaired) electrons. The first kappa shape index (κ1) is 52.7. The number of hydrogen-bond acceptors (Lipinski definition) is 12. The fourth-order valence-electron chi connectivity index (χ4n) is 8.57. The van der Waals surface area contributed by atoms with Gasteiger partial charge in [-0.1, -0.05) is 68.9 Å². The third-order valence-corrected chi connectivity index (χ3v) is 12.2. The van der Waals surface area contributed by atoms with Gasteiger partial charge in [-0.2, -0.15) is 0 Å². The van der Waals surface area contributed by atoms with Gasteiger partial charge in [0.15, 0.2) is 0 Å². The second-order valence-corrected chi connectivity index (χ2v) is 19.1. The van der Waals surface area contributed by atoms with Crippen LogP contribution in [-0.4, -0.2) is 110 Å². The number of esters is 2. The van der Waals surface area contributed by atoms with Crippen molar-refractivity contribution in [2.24, 2.45) is 13.0 Å². The number of benzene rings is 1. The fraction of sp³-hybridized carbons (Fsp3) is 0.612. The second-order valence-electron chi connectivity index (χ2n) is 19.1. The van der Waals surface area contributed by atoms with Crippen molar-refractivity contribution in [3.05, 3.63) is 72.3 Å². The van der Waals surface area contributed by atoms with Gasteiger partial charge >= 0.3 is 18.0 Å². The number of alkyl carbamates (subject to hydrolysis) is 1. The van der Waals surface area contributed by atoms with Crippen LogP contribution in [-0.2, 0) is 69.4 Å². The molecule has 0 bridgehead atoms. The summed E-state index contributed by atoms with van der Waals surface area (Å²) in [6.07, 6.45) is 14.2. The summed E-state index contributed by atoms with van der Waals surface area (Å²) < 4.78 is 19.6. The van der Waals surface area contributed by atoms with E-state index >= 15 is 0 Å². The Morgan fingerprint density at radius 2 is 1.35 bits per heavy atom. The van der Waals surface area contributed by atoms with E-state index < -0.39 is 77.5 Å². The molecule has 1 aromatic carbocycles. The molecule has 19 heteroatoms. The molecule has 5 N–H and O–H groups in total. The molecule has 0 saturated heterocycles. The second kappa shape index (κ2) is 25.7. The van der Waals surface area contributed by atoms with Gasteiger partial charge in [-0.05, 0) is 77.7 Å². The lowest BCUT2D eigenvalue weighted by molar-refractivity contribution is -0.151. The molecular weight excluding hydrogens is 875 g/mol. The molecule has 0 spiro atoms. The number of carbonyl (C=O) groups excluding carboxylic acids is 7. The Labute approximate surface area is 399 Å². The number of rotatable bonds is 22. The number of amides is 5. The first-order chi connectivity index (χ1) is 32.5. The highest BCUT2D eigenvalue weighted by molar-refractivity contribution is 5.96. The van der Waals surface area contributed by atoms with Crippen LogP contribution in [0.2, 0.25) is 0 Å². The fourth-order valence-corrected chi connectivity index (χ4v) is 8.57. The molecule has 372 valence electrons. The molecular formula is C49H71N9O10. The zero-order chi connectivity index (χ0) is 49.2. The van der Waals surface area contributed by atoms with E-state index in [-0.39, 0.29) is 44.1 Å². The maximum absolute atomic E-state index is 14.6. The maximum Gasteiger partial charge on any atom is 0.408 e. The summed E-state index contributed by atoms with van der Waals surface area (Å²) in [5.74, 6) is -3.99. The van der Waals surface area contributed by atoms with Gasteiger partial charge in [-0.25, -0.2) is 19.6 Å². The molecule has 2 heterocycles. The standard InChI is InChI=1S/C49H71N9O10/c1-32(47(64)66-6)52-44(61)40(25-35-29-58(31-51-35)28-34-18-12-8-13-19-34)55-45(62)39(24-33-16-10-7-11-17-33)54-43(60)38(22-23-42(59)67-37-20-14-9-15-21-37)53-46(63)41(26-36-27-50-30-57(36)5)56-48(65)68-49(2,3)4/h8,12-13,18-19,27,29-33,37-41H,7,9-11,14-17,20-26,28H2,1-6H3,(H,52,61)(H,53,63)(H,54,60)(H,55,62)(H,56,65)/t32-,38-,39-,40-,41-/m0/s1. The van der Waals surface area contributed by atoms with Gasteiger partial charge in [0.25, 0.3) is 0 Å². The molecule has 19 nitrogen and oxygen atoms in total. The van der Waals surface area contributed by atoms with Crippen molar-refractivity contribution in [2.75, 3.05) is 7.11 Å². The summed E-state index contributed by atoms with van der Waals surface area (Å²) in [5, 5.41) is 13.7. The summed E-state index contributed by atoms with van der Waals surface area (Å²) >= 11 is 0. The van der Waals surface area contributed by atoms with E-state index in [1.165, 1.54) is 14.0 Å². The number of carbonyl (C=O) groups is 7. The third kappa shape index (κ3) is 17.4. The topological polar surface area (TPSA) is 243 Å². The number of aryl methyl sites for hydroxylation is 1. The Morgan fingerprint density at radius 3 is 2.00 bits per heavy atom. The quantitative estimate of drug-likeness (QED) is 0.0707. The number of aromatic nitrogens is 4. The summed E-state index contributed by atoms with van der Waals surface area (Å²) in [7, 11) is 2.94. The largest absolute Gasteiger partial charge is 0.467 e. The van der Waals surface area contributed by atoms with Crippen LogP contribution in [0.1, 0.15) is 128 Å². The molecule has 2 aliphatic rings. The van der Waals surface area contributed by atoms with Crippen LogP contribution in [0.5, 0.6) is 0 Å². The summed E-state index contributed by atoms with van der Waals surface area (Å²) in [5.41, 5.74) is 1.25. The monoisotopic (exact) mass is 946 g/mol. The first-order valence-corrected chi connectivity index (χ1v) is 23.9. The average Bonchev–Trinajstić information content (AvgIpc) is 3.93. The molecule has 68 heavy (non-hydrogen) atoms. The van der Waals surface area contributed by atoms with E-state index in [0.717, 1.165) is 69.8 Å². The summed E-state index contributed by atoms with van der Waals surface area (Å²) in [6.45, 7) is 7.05. The highest BCUT2D eigenvalue weighted by Gasteiger charge is 2.35. The zero-order valence-corrected chi connectivity index (χ0v) is 40.4. The Bertz CT molecular complexity index is 2140. The smallest absolute Gasteiger partial charge is 0.408 e. The van der Waals surface area contributed by atoms with Gasteiger partial charge in [0.1, 0.15) is 41.9 Å². The van der Waals surface area contributed by atoms with Crippen molar-refractivity contribution < 1.29 is 47.8 Å². The van der Waals surface area contributed by atoms with Crippen LogP contribution in [0.15, 0.2) is 55.4 Å². The zero-order valence-electron chi connectivity index (χ0n) is 40.4. The van der Waals surface area contributed by atoms with Crippen LogP contribution < -0.4 is 26.6 Å². The highest BCUT2D eigenvalue weighted by Crippen LogP contribution is 2.28. The molecule has 2 aromatic heterocycles. The minimum atomic E-state index is -1.37. The summed E-state index contributed by atoms with van der Waals surface area (Å²) in [6, 6.07) is 3.66. The lowest BCUT2D eigenvalue weighted by atomic mass is 9.84. The highest BCUT2D eigenvalue weighted by atomic mass is 16.6. The third-order valence-electron chi connectivity index (χ3n) is 12.2. The van der Waals surface area contributed by atoms with Crippen LogP contribution in [0, 0.1) is 5.92 Å². The Balaban J connectivity index is 1.41. The van der Waals surface area contributed by atoms with Gasteiger partial charge in [0.2, 0.25) is 23.6 Å². The molecule has 2 saturated carbocycles. The van der Waals surface area contributed by atoms with Gasteiger partial charge in [0, 0.05) is 50.9 Å². The predicted octanol–water partition coefficient (Wildman–Crippen LogP) is 4.10. The number of ether oxygens (including phenoxy) is 3. The van der Waals surface area contributed by atoms with E-state index in [4.69, 9.17) is 14.2 Å². The van der Waals surface area contributed by atoms with Gasteiger partial charge in [-0.15, -0.1) is 0 Å².